The van der Waals surface area contributed by atoms with Crippen molar-refractivity contribution in [2.75, 3.05) is 0 Å². The van der Waals surface area contributed by atoms with E-state index in [-0.39, 0.29) is 29.9 Å². The molecule has 0 N–H and O–H groups in total. The molecule has 110 valence electrons. The molecular formula is C14H14IN3O2S. The third-order valence-electron chi connectivity index (χ3n) is 3.15. The van der Waals surface area contributed by atoms with Crippen molar-refractivity contribution >= 4 is 20.9 Å². The number of benzene rings is 2. The van der Waals surface area contributed by atoms with Crippen molar-refractivity contribution in [1.82, 2.24) is 9.90 Å². The van der Waals surface area contributed by atoms with Gasteiger partial charge >= 0.3 is 0 Å². The van der Waals surface area contributed by atoms with Crippen LogP contribution in [0.3, 0.4) is 0 Å². The maximum absolute atomic E-state index is 12.4. The Morgan fingerprint density at radius 1 is 1.05 bits per heavy atom. The Hall–Kier alpha value is -1.48. The average molecular weight is 415 g/mol. The Morgan fingerprint density at radius 2 is 1.67 bits per heavy atom. The number of aromatic nitrogens is 3. The van der Waals surface area contributed by atoms with E-state index in [1.54, 1.807) is 42.1 Å². The van der Waals surface area contributed by atoms with Crippen molar-refractivity contribution in [3.8, 4) is 0 Å². The minimum absolute atomic E-state index is 0. The summed E-state index contributed by atoms with van der Waals surface area (Å²) in [6.45, 7) is 0. The molecule has 1 aromatic heterocycles. The Kier molecular flexibility index (Phi) is 4.62. The lowest BCUT2D eigenvalue weighted by Gasteiger charge is -2.00. The van der Waals surface area contributed by atoms with Crippen molar-refractivity contribution in [2.45, 2.75) is 10.8 Å². The molecule has 0 spiro atoms. The van der Waals surface area contributed by atoms with Crippen LogP contribution in [0.25, 0.3) is 11.0 Å². The van der Waals surface area contributed by atoms with Crippen molar-refractivity contribution in [3.05, 3.63) is 54.6 Å². The van der Waals surface area contributed by atoms with Crippen LogP contribution >= 0.6 is 0 Å². The first kappa shape index (κ1) is 15.9. The normalized spacial score (nSPS) is 11.3. The van der Waals surface area contributed by atoms with Crippen molar-refractivity contribution in [3.63, 3.8) is 0 Å². The van der Waals surface area contributed by atoms with Gasteiger partial charge in [-0.15, -0.1) is 9.36 Å². The van der Waals surface area contributed by atoms with E-state index in [2.05, 4.69) is 5.21 Å². The third kappa shape index (κ3) is 3.08. The lowest BCUT2D eigenvalue weighted by molar-refractivity contribution is -0.709. The SMILES string of the molecule is C[n+]1nn(CS(=O)(=O)c2ccccc2)c2ccccc21.[I-]. The van der Waals surface area contributed by atoms with Gasteiger partial charge in [-0.2, -0.15) is 0 Å². The van der Waals surface area contributed by atoms with Gasteiger partial charge in [-0.05, 0) is 24.3 Å². The van der Waals surface area contributed by atoms with E-state index >= 15 is 0 Å². The molecule has 3 rings (SSSR count). The summed E-state index contributed by atoms with van der Waals surface area (Å²) >= 11 is 0. The van der Waals surface area contributed by atoms with Gasteiger partial charge in [0.05, 0.1) is 10.1 Å². The number of halogens is 1. The van der Waals surface area contributed by atoms with E-state index in [9.17, 15) is 8.42 Å². The van der Waals surface area contributed by atoms with Crippen LogP contribution in [-0.2, 0) is 22.8 Å². The van der Waals surface area contributed by atoms with Crippen LogP contribution in [0.15, 0.2) is 59.5 Å². The van der Waals surface area contributed by atoms with Gasteiger partial charge in [-0.1, -0.05) is 30.3 Å². The van der Waals surface area contributed by atoms with Crippen molar-refractivity contribution < 1.29 is 37.1 Å². The molecule has 0 saturated carbocycles. The minimum atomic E-state index is -3.40. The average Bonchev–Trinajstić information content (AvgIpc) is 2.76. The molecule has 0 bridgehead atoms. The molecule has 3 aromatic rings. The highest BCUT2D eigenvalue weighted by atomic mass is 127. The highest BCUT2D eigenvalue weighted by Crippen LogP contribution is 2.15. The number of para-hydroxylation sites is 2. The standard InChI is InChI=1S/C14H14N3O2S.HI/c1-16-13-9-5-6-10-14(13)17(15-16)11-20(18,19)12-7-3-2-4-8-12;/h2-10H,11H2,1H3;1H/q+1;/p-1. The predicted octanol–water partition coefficient (Wildman–Crippen LogP) is -1.70. The number of nitrogens with zero attached hydrogens (tertiary/aromatic N) is 3. The molecule has 21 heavy (non-hydrogen) atoms. The van der Waals surface area contributed by atoms with Gasteiger partial charge in [0.2, 0.25) is 15.7 Å². The van der Waals surface area contributed by atoms with E-state index in [4.69, 9.17) is 0 Å². The minimum Gasteiger partial charge on any atom is -1.00 e. The number of hydrogen-bond donors (Lipinski definition) is 0. The Balaban J connectivity index is 0.00000161. The number of hydrogen-bond acceptors (Lipinski definition) is 3. The molecule has 0 saturated heterocycles. The maximum atomic E-state index is 12.4. The summed E-state index contributed by atoms with van der Waals surface area (Å²) in [6.07, 6.45) is 0. The largest absolute Gasteiger partial charge is 1.00 e. The predicted molar refractivity (Wildman–Crippen MR) is 74.5 cm³/mol. The number of sulfone groups is 1. The molecule has 0 radical (unpaired) electrons. The lowest BCUT2D eigenvalue weighted by Crippen LogP contribution is -3.00. The summed E-state index contributed by atoms with van der Waals surface area (Å²) in [5, 5.41) is 4.25. The fraction of sp³-hybridized carbons (Fsp3) is 0.143. The Labute approximate surface area is 140 Å². The molecule has 0 aliphatic rings. The zero-order valence-electron chi connectivity index (χ0n) is 11.3. The van der Waals surface area contributed by atoms with Gasteiger partial charge in [-0.25, -0.2) is 8.42 Å². The lowest BCUT2D eigenvalue weighted by atomic mass is 10.3. The molecular weight excluding hydrogens is 401 g/mol. The van der Waals surface area contributed by atoms with Gasteiger partial charge in [0, 0.05) is 0 Å². The van der Waals surface area contributed by atoms with Crippen LogP contribution in [0.1, 0.15) is 0 Å². The summed E-state index contributed by atoms with van der Waals surface area (Å²) in [5.74, 6) is -0.168. The first-order valence-electron chi connectivity index (χ1n) is 6.17. The summed E-state index contributed by atoms with van der Waals surface area (Å²) in [4.78, 5) is 0.308. The van der Waals surface area contributed by atoms with Crippen molar-refractivity contribution in [1.29, 1.82) is 0 Å². The molecule has 5 nitrogen and oxygen atoms in total. The first-order chi connectivity index (χ1) is 9.58. The first-order valence-corrected chi connectivity index (χ1v) is 7.83. The van der Waals surface area contributed by atoms with Gasteiger partial charge in [0.15, 0.2) is 11.0 Å². The van der Waals surface area contributed by atoms with Crippen LogP contribution in [0.2, 0.25) is 0 Å². The number of rotatable bonds is 3. The summed E-state index contributed by atoms with van der Waals surface area (Å²) in [7, 11) is -1.60. The molecule has 0 amide bonds. The van der Waals surface area contributed by atoms with E-state index in [0.29, 0.717) is 4.90 Å². The summed E-state index contributed by atoms with van der Waals surface area (Å²) in [5.41, 5.74) is 1.70. The van der Waals surface area contributed by atoms with Crippen LogP contribution in [0, 0.1) is 0 Å². The van der Waals surface area contributed by atoms with Crippen LogP contribution in [0.4, 0.5) is 0 Å². The second-order valence-corrected chi connectivity index (χ2v) is 6.52. The Morgan fingerprint density at radius 3 is 2.38 bits per heavy atom. The molecule has 2 aromatic carbocycles. The second-order valence-electron chi connectivity index (χ2n) is 4.56. The zero-order valence-corrected chi connectivity index (χ0v) is 14.3. The zero-order chi connectivity index (χ0) is 14.2. The summed E-state index contributed by atoms with van der Waals surface area (Å²) < 4.78 is 28.0. The van der Waals surface area contributed by atoms with Gasteiger partial charge in [0.1, 0.15) is 7.05 Å². The third-order valence-corrected chi connectivity index (χ3v) is 4.72. The molecule has 0 unspecified atom stereocenters. The molecule has 1 heterocycles. The maximum Gasteiger partial charge on any atom is 0.219 e. The molecule has 0 atom stereocenters. The van der Waals surface area contributed by atoms with E-state index < -0.39 is 9.84 Å². The van der Waals surface area contributed by atoms with Gasteiger partial charge in [-0.3, -0.25) is 0 Å². The highest BCUT2D eigenvalue weighted by Gasteiger charge is 2.23. The van der Waals surface area contributed by atoms with E-state index in [0.717, 1.165) is 11.0 Å². The van der Waals surface area contributed by atoms with E-state index in [1.165, 1.54) is 4.68 Å². The van der Waals surface area contributed by atoms with Crippen LogP contribution < -0.4 is 28.7 Å². The smallest absolute Gasteiger partial charge is 0.219 e. The van der Waals surface area contributed by atoms with Gasteiger partial charge in [0.25, 0.3) is 0 Å². The molecule has 0 aliphatic heterocycles. The van der Waals surface area contributed by atoms with Crippen LogP contribution in [0.5, 0.6) is 0 Å². The quantitative estimate of drug-likeness (QED) is 0.379. The highest BCUT2D eigenvalue weighted by molar-refractivity contribution is 7.90. The number of fused-ring (bicyclic) bond motifs is 1. The van der Waals surface area contributed by atoms with Crippen LogP contribution in [-0.4, -0.2) is 18.3 Å². The Bertz CT molecular complexity index is 860. The monoisotopic (exact) mass is 415 g/mol. The van der Waals surface area contributed by atoms with Crippen molar-refractivity contribution in [2.24, 2.45) is 7.05 Å². The van der Waals surface area contributed by atoms with E-state index in [1.807, 2.05) is 24.3 Å². The van der Waals surface area contributed by atoms with Gasteiger partial charge < -0.3 is 24.0 Å². The fourth-order valence-electron chi connectivity index (χ4n) is 2.17. The molecule has 7 heteroatoms. The fourth-order valence-corrected chi connectivity index (χ4v) is 3.41. The molecule has 0 fully saturated rings. The summed E-state index contributed by atoms with van der Waals surface area (Å²) in [6, 6.07) is 16.0. The molecule has 0 aliphatic carbocycles. The second kappa shape index (κ2) is 6.10. The topological polar surface area (TPSA) is 55.8 Å². The number of aryl methyl sites for hydroxylation is 1.